The summed E-state index contributed by atoms with van der Waals surface area (Å²) < 4.78 is 0. The third kappa shape index (κ3) is 4.77. The van der Waals surface area contributed by atoms with Gasteiger partial charge < -0.3 is 4.90 Å². The average molecular weight is 293 g/mol. The Balaban J connectivity index is 1.84. The van der Waals surface area contributed by atoms with E-state index in [2.05, 4.69) is 46.4 Å². The van der Waals surface area contributed by atoms with E-state index >= 15 is 0 Å². The topological polar surface area (TPSA) is 18.8 Å². The second kappa shape index (κ2) is 8.03. The van der Waals surface area contributed by atoms with Crippen molar-refractivity contribution in [3.63, 3.8) is 0 Å². The Bertz CT molecular complexity index is 613. The lowest BCUT2D eigenvalue weighted by Gasteiger charge is -2.12. The number of hydrazone groups is 1. The molecule has 0 aliphatic heterocycles. The molecule has 0 N–H and O–H groups in total. The first-order valence-corrected chi connectivity index (χ1v) is 7.42. The van der Waals surface area contributed by atoms with Crippen LogP contribution in [0.25, 0.3) is 6.08 Å². The van der Waals surface area contributed by atoms with Gasteiger partial charge in [0.15, 0.2) is 0 Å². The molecule has 3 heteroatoms. The monoisotopic (exact) mass is 293 g/mol. The lowest BCUT2D eigenvalue weighted by molar-refractivity contribution is 1.02. The predicted molar refractivity (Wildman–Crippen MR) is 97.8 cm³/mol. The normalized spacial score (nSPS) is 11.2. The summed E-state index contributed by atoms with van der Waals surface area (Å²) in [6, 6.07) is 18.6. The molecule has 0 aliphatic carbocycles. The van der Waals surface area contributed by atoms with Gasteiger partial charge in [0.05, 0.1) is 5.69 Å². The lowest BCUT2D eigenvalue weighted by Crippen LogP contribution is -2.08. The highest BCUT2D eigenvalue weighted by atomic mass is 15.4. The van der Waals surface area contributed by atoms with Crippen molar-refractivity contribution >= 4 is 23.7 Å². The molecule has 2 aromatic rings. The summed E-state index contributed by atoms with van der Waals surface area (Å²) in [5, 5.41) is 6.29. The molecule has 3 nitrogen and oxygen atoms in total. The van der Waals surface area contributed by atoms with Crippen molar-refractivity contribution in [2.75, 3.05) is 31.1 Å². The van der Waals surface area contributed by atoms with E-state index in [1.54, 1.807) is 0 Å². The number of hydrogen-bond acceptors (Lipinski definition) is 3. The molecule has 0 saturated heterocycles. The van der Waals surface area contributed by atoms with Crippen molar-refractivity contribution in [1.82, 2.24) is 0 Å². The molecule has 2 rings (SSSR count). The minimum Gasteiger partial charge on any atom is -0.378 e. The second-order valence-corrected chi connectivity index (χ2v) is 5.28. The molecule has 0 heterocycles. The van der Waals surface area contributed by atoms with Crippen LogP contribution in [0.5, 0.6) is 0 Å². The molecular formula is C19H23N3. The zero-order valence-corrected chi connectivity index (χ0v) is 13.5. The smallest absolute Gasteiger partial charge is 0.0590 e. The Hall–Kier alpha value is -2.55. The number of allylic oxidation sites excluding steroid dienone is 1. The molecular weight excluding hydrogens is 270 g/mol. The van der Waals surface area contributed by atoms with E-state index in [1.807, 2.05) is 62.7 Å². The zero-order chi connectivity index (χ0) is 15.8. The second-order valence-electron chi connectivity index (χ2n) is 5.28. The molecule has 0 atom stereocenters. The highest BCUT2D eigenvalue weighted by Gasteiger charge is 1.94. The largest absolute Gasteiger partial charge is 0.378 e. The maximum absolute atomic E-state index is 4.41. The Kier molecular flexibility index (Phi) is 5.78. The minimum atomic E-state index is 0.812. The van der Waals surface area contributed by atoms with Crippen LogP contribution in [0, 0.1) is 0 Å². The van der Waals surface area contributed by atoms with Crippen molar-refractivity contribution < 1.29 is 0 Å². The van der Waals surface area contributed by atoms with Crippen LogP contribution in [-0.2, 0) is 0 Å². The number of anilines is 2. The molecule has 0 bridgehead atoms. The van der Waals surface area contributed by atoms with Crippen LogP contribution in [-0.4, -0.2) is 27.4 Å². The summed E-state index contributed by atoms with van der Waals surface area (Å²) in [7, 11) is 6.05. The van der Waals surface area contributed by atoms with Gasteiger partial charge in [-0.1, -0.05) is 42.5 Å². The quantitative estimate of drug-likeness (QED) is 0.585. The van der Waals surface area contributed by atoms with E-state index in [0.29, 0.717) is 0 Å². The Morgan fingerprint density at radius 3 is 2.18 bits per heavy atom. The molecule has 2 aromatic carbocycles. The highest BCUT2D eigenvalue weighted by Crippen LogP contribution is 2.13. The average Bonchev–Trinajstić information content (AvgIpc) is 2.55. The molecule has 0 radical (unpaired) electrons. The molecule has 22 heavy (non-hydrogen) atoms. The first-order valence-electron chi connectivity index (χ1n) is 7.42. The molecule has 0 aromatic heterocycles. The summed E-state index contributed by atoms with van der Waals surface area (Å²) in [5.74, 6) is 0. The van der Waals surface area contributed by atoms with Gasteiger partial charge in [-0.3, -0.25) is 5.01 Å². The van der Waals surface area contributed by atoms with Crippen molar-refractivity contribution in [2.24, 2.45) is 5.10 Å². The third-order valence-corrected chi connectivity index (χ3v) is 3.35. The fraction of sp³-hybridized carbons (Fsp3) is 0.211. The third-order valence-electron chi connectivity index (χ3n) is 3.35. The van der Waals surface area contributed by atoms with Crippen LogP contribution in [0.1, 0.15) is 12.0 Å². The van der Waals surface area contributed by atoms with Gasteiger partial charge in [-0.2, -0.15) is 5.10 Å². The van der Waals surface area contributed by atoms with Gasteiger partial charge in [0, 0.05) is 39.5 Å². The standard InChI is InChI=1S/C19H23N3/c1-21(2)18-14-12-17(13-15-18)9-7-8-16-20-22(3)19-10-5-4-6-11-19/h4-7,9-16H,8H2,1-3H3. The maximum atomic E-state index is 4.41. The van der Waals surface area contributed by atoms with Gasteiger partial charge in [-0.15, -0.1) is 0 Å². The van der Waals surface area contributed by atoms with Gasteiger partial charge in [-0.05, 0) is 29.8 Å². The number of benzene rings is 2. The number of nitrogens with zero attached hydrogens (tertiary/aromatic N) is 3. The van der Waals surface area contributed by atoms with Gasteiger partial charge in [0.1, 0.15) is 0 Å². The van der Waals surface area contributed by atoms with Crippen molar-refractivity contribution in [1.29, 1.82) is 0 Å². The fourth-order valence-electron chi connectivity index (χ4n) is 2.03. The SMILES string of the molecule is CN(C)c1ccc(C=CCC=NN(C)c2ccccc2)cc1. The maximum Gasteiger partial charge on any atom is 0.0590 e. The summed E-state index contributed by atoms with van der Waals surface area (Å²) in [6.07, 6.45) is 6.96. The fourth-order valence-corrected chi connectivity index (χ4v) is 2.03. The van der Waals surface area contributed by atoms with Crippen LogP contribution in [0.15, 0.2) is 65.8 Å². The molecule has 0 saturated carbocycles. The van der Waals surface area contributed by atoms with Crippen LogP contribution < -0.4 is 9.91 Å². The highest BCUT2D eigenvalue weighted by molar-refractivity contribution is 5.65. The van der Waals surface area contributed by atoms with Crippen LogP contribution in [0.3, 0.4) is 0 Å². The Labute approximate surface area is 133 Å². The molecule has 0 aliphatic rings. The van der Waals surface area contributed by atoms with Crippen LogP contribution in [0.4, 0.5) is 11.4 Å². The number of para-hydroxylation sites is 1. The van der Waals surface area contributed by atoms with Crippen LogP contribution >= 0.6 is 0 Å². The predicted octanol–water partition coefficient (Wildman–Crippen LogP) is 4.28. The van der Waals surface area contributed by atoms with Gasteiger partial charge in [0.25, 0.3) is 0 Å². The molecule has 0 fully saturated rings. The van der Waals surface area contributed by atoms with Gasteiger partial charge in [0.2, 0.25) is 0 Å². The summed E-state index contributed by atoms with van der Waals surface area (Å²) in [6.45, 7) is 0. The molecule has 114 valence electrons. The van der Waals surface area contributed by atoms with E-state index in [4.69, 9.17) is 0 Å². The van der Waals surface area contributed by atoms with E-state index in [-0.39, 0.29) is 0 Å². The van der Waals surface area contributed by atoms with Gasteiger partial charge in [-0.25, -0.2) is 0 Å². The van der Waals surface area contributed by atoms with Crippen molar-refractivity contribution in [3.8, 4) is 0 Å². The van der Waals surface area contributed by atoms with Crippen LogP contribution in [0.2, 0.25) is 0 Å². The molecule has 0 unspecified atom stereocenters. The van der Waals surface area contributed by atoms with E-state index < -0.39 is 0 Å². The van der Waals surface area contributed by atoms with Crippen molar-refractivity contribution in [2.45, 2.75) is 6.42 Å². The molecule has 0 spiro atoms. The minimum absolute atomic E-state index is 0.812. The van der Waals surface area contributed by atoms with Gasteiger partial charge >= 0.3 is 0 Å². The van der Waals surface area contributed by atoms with E-state index in [0.717, 1.165) is 12.1 Å². The summed E-state index contributed by atoms with van der Waals surface area (Å²) in [5.41, 5.74) is 3.50. The lowest BCUT2D eigenvalue weighted by atomic mass is 10.2. The number of hydrogen-bond donors (Lipinski definition) is 0. The summed E-state index contributed by atoms with van der Waals surface area (Å²) in [4.78, 5) is 2.10. The van der Waals surface area contributed by atoms with Crippen molar-refractivity contribution in [3.05, 3.63) is 66.2 Å². The Morgan fingerprint density at radius 2 is 1.55 bits per heavy atom. The zero-order valence-electron chi connectivity index (χ0n) is 13.5. The first-order chi connectivity index (χ1) is 10.7. The van der Waals surface area contributed by atoms with E-state index in [9.17, 15) is 0 Å². The Morgan fingerprint density at radius 1 is 0.864 bits per heavy atom. The number of rotatable bonds is 6. The molecule has 0 amide bonds. The summed E-state index contributed by atoms with van der Waals surface area (Å²) >= 11 is 0. The first kappa shape index (κ1) is 15.8. The van der Waals surface area contributed by atoms with E-state index in [1.165, 1.54) is 11.3 Å².